The van der Waals surface area contributed by atoms with E-state index in [0.717, 1.165) is 18.2 Å². The Morgan fingerprint density at radius 1 is 0.929 bits per heavy atom. The molecule has 0 aliphatic heterocycles. The fourth-order valence-corrected chi connectivity index (χ4v) is 2.18. The summed E-state index contributed by atoms with van der Waals surface area (Å²) in [5, 5.41) is 4.65. The molecule has 6 nitrogen and oxygen atoms in total. The predicted octanol–water partition coefficient (Wildman–Crippen LogP) is 3.74. The molecule has 0 aliphatic rings. The zero-order valence-electron chi connectivity index (χ0n) is 15.6. The Morgan fingerprint density at radius 2 is 1.46 bits per heavy atom. The minimum atomic E-state index is -1.63. The molecule has 8 heteroatoms. The number of carbonyl (C=O) groups excluding carboxylic acids is 3. The largest absolute Gasteiger partial charge is 0.462 e. The third kappa shape index (κ3) is 4.70. The Balaban J connectivity index is 2.09. The van der Waals surface area contributed by atoms with Crippen molar-refractivity contribution in [1.82, 2.24) is 0 Å². The van der Waals surface area contributed by atoms with Crippen LogP contribution in [-0.2, 0) is 14.3 Å². The van der Waals surface area contributed by atoms with Crippen LogP contribution in [0.4, 0.5) is 20.2 Å². The van der Waals surface area contributed by atoms with Crippen LogP contribution in [0.5, 0.6) is 0 Å². The number of hydrogen-bond acceptors (Lipinski definition) is 4. The zero-order valence-corrected chi connectivity index (χ0v) is 15.6. The Labute approximate surface area is 160 Å². The Kier molecular flexibility index (Phi) is 6.45. The second-order valence-electron chi connectivity index (χ2n) is 6.43. The van der Waals surface area contributed by atoms with Gasteiger partial charge in [-0.3, -0.25) is 9.59 Å². The molecular formula is C20H20F2N2O4. The second kappa shape index (κ2) is 8.60. The molecule has 0 atom stereocenters. The number of ether oxygens (including phenoxy) is 1. The SMILES string of the molecule is CCOC(=O)c1ccc(NC(=O)C(C)(C)C(=O)Nc2c(F)cccc2F)cc1. The maximum atomic E-state index is 13.7. The number of esters is 1. The van der Waals surface area contributed by atoms with E-state index in [-0.39, 0.29) is 6.61 Å². The molecule has 0 radical (unpaired) electrons. The molecule has 0 aromatic heterocycles. The van der Waals surface area contributed by atoms with Gasteiger partial charge in [-0.15, -0.1) is 0 Å². The monoisotopic (exact) mass is 390 g/mol. The molecule has 2 aromatic carbocycles. The molecule has 0 heterocycles. The average molecular weight is 390 g/mol. The van der Waals surface area contributed by atoms with Crippen LogP contribution in [-0.4, -0.2) is 24.4 Å². The molecule has 2 N–H and O–H groups in total. The summed E-state index contributed by atoms with van der Waals surface area (Å²) < 4.78 is 32.3. The first-order chi connectivity index (χ1) is 13.2. The third-order valence-electron chi connectivity index (χ3n) is 3.99. The van der Waals surface area contributed by atoms with Crippen LogP contribution in [0.1, 0.15) is 31.1 Å². The number of rotatable bonds is 6. The lowest BCUT2D eigenvalue weighted by atomic mass is 9.90. The molecule has 2 rings (SSSR count). The number of para-hydroxylation sites is 1. The van der Waals surface area contributed by atoms with Crippen molar-refractivity contribution in [1.29, 1.82) is 0 Å². The van der Waals surface area contributed by atoms with Gasteiger partial charge >= 0.3 is 5.97 Å². The standard InChI is InChI=1S/C20H20F2N2O4/c1-4-28-17(25)12-8-10-13(11-9-12)23-18(26)20(2,3)19(27)24-16-14(21)6-5-7-15(16)22/h5-11H,4H2,1-3H3,(H,23,26)(H,24,27). The highest BCUT2D eigenvalue weighted by Crippen LogP contribution is 2.24. The van der Waals surface area contributed by atoms with E-state index in [1.54, 1.807) is 6.92 Å². The van der Waals surface area contributed by atoms with E-state index >= 15 is 0 Å². The first-order valence-electron chi connectivity index (χ1n) is 8.51. The van der Waals surface area contributed by atoms with Crippen LogP contribution >= 0.6 is 0 Å². The van der Waals surface area contributed by atoms with Crippen molar-refractivity contribution in [3.8, 4) is 0 Å². The highest BCUT2D eigenvalue weighted by atomic mass is 19.1. The molecule has 0 saturated heterocycles. The van der Waals surface area contributed by atoms with E-state index in [0.29, 0.717) is 11.3 Å². The molecule has 0 bridgehead atoms. The Morgan fingerprint density at radius 3 is 2.00 bits per heavy atom. The zero-order chi connectivity index (χ0) is 20.9. The molecule has 2 amide bonds. The van der Waals surface area contributed by atoms with Gasteiger partial charge in [0.1, 0.15) is 22.7 Å². The lowest BCUT2D eigenvalue weighted by Gasteiger charge is -2.23. The summed E-state index contributed by atoms with van der Waals surface area (Å²) in [6, 6.07) is 9.06. The Bertz CT molecular complexity index is 875. The number of halogens is 2. The van der Waals surface area contributed by atoms with Crippen LogP contribution in [0.2, 0.25) is 0 Å². The van der Waals surface area contributed by atoms with Crippen molar-refractivity contribution < 1.29 is 27.9 Å². The van der Waals surface area contributed by atoms with Crippen LogP contribution in [0.15, 0.2) is 42.5 Å². The summed E-state index contributed by atoms with van der Waals surface area (Å²) in [5.41, 5.74) is -1.59. The second-order valence-corrected chi connectivity index (χ2v) is 6.43. The van der Waals surface area contributed by atoms with E-state index in [1.165, 1.54) is 38.1 Å². The molecule has 0 unspecified atom stereocenters. The molecule has 28 heavy (non-hydrogen) atoms. The minimum Gasteiger partial charge on any atom is -0.462 e. The highest BCUT2D eigenvalue weighted by molar-refractivity contribution is 6.14. The summed E-state index contributed by atoms with van der Waals surface area (Å²) in [5.74, 6) is -3.95. The number of amides is 2. The number of nitrogens with one attached hydrogen (secondary N) is 2. The fourth-order valence-electron chi connectivity index (χ4n) is 2.18. The molecule has 0 spiro atoms. The van der Waals surface area contributed by atoms with Gasteiger partial charge in [-0.25, -0.2) is 13.6 Å². The summed E-state index contributed by atoms with van der Waals surface area (Å²) in [6.45, 7) is 4.57. The van der Waals surface area contributed by atoms with E-state index < -0.39 is 40.5 Å². The molecule has 0 saturated carbocycles. The first-order valence-corrected chi connectivity index (χ1v) is 8.51. The van der Waals surface area contributed by atoms with Crippen LogP contribution in [0.25, 0.3) is 0 Å². The fraction of sp³-hybridized carbons (Fsp3) is 0.250. The van der Waals surface area contributed by atoms with Crippen LogP contribution < -0.4 is 10.6 Å². The number of hydrogen-bond donors (Lipinski definition) is 2. The Hall–Kier alpha value is -3.29. The van der Waals surface area contributed by atoms with E-state index in [4.69, 9.17) is 4.74 Å². The molecular weight excluding hydrogens is 370 g/mol. The molecule has 0 aliphatic carbocycles. The van der Waals surface area contributed by atoms with Gasteiger partial charge in [-0.1, -0.05) is 6.07 Å². The van der Waals surface area contributed by atoms with Gasteiger partial charge < -0.3 is 15.4 Å². The number of benzene rings is 2. The topological polar surface area (TPSA) is 84.5 Å². The summed E-state index contributed by atoms with van der Waals surface area (Å²) in [4.78, 5) is 36.6. The van der Waals surface area contributed by atoms with Gasteiger partial charge in [0.25, 0.3) is 0 Å². The van der Waals surface area contributed by atoms with Gasteiger partial charge in [0.2, 0.25) is 11.8 Å². The van der Waals surface area contributed by atoms with Crippen molar-refractivity contribution in [3.63, 3.8) is 0 Å². The van der Waals surface area contributed by atoms with E-state index in [1.807, 2.05) is 0 Å². The van der Waals surface area contributed by atoms with Crippen molar-refractivity contribution >= 4 is 29.2 Å². The lowest BCUT2D eigenvalue weighted by Crippen LogP contribution is -2.42. The highest BCUT2D eigenvalue weighted by Gasteiger charge is 2.37. The van der Waals surface area contributed by atoms with Gasteiger partial charge in [0.15, 0.2) is 0 Å². The summed E-state index contributed by atoms with van der Waals surface area (Å²) in [7, 11) is 0. The van der Waals surface area contributed by atoms with Crippen molar-refractivity contribution in [2.45, 2.75) is 20.8 Å². The lowest BCUT2D eigenvalue weighted by molar-refractivity contribution is -0.135. The van der Waals surface area contributed by atoms with Gasteiger partial charge in [-0.05, 0) is 57.2 Å². The maximum Gasteiger partial charge on any atom is 0.338 e. The quantitative estimate of drug-likeness (QED) is 0.581. The van der Waals surface area contributed by atoms with Crippen molar-refractivity contribution in [3.05, 3.63) is 59.7 Å². The average Bonchev–Trinajstić information content (AvgIpc) is 2.65. The van der Waals surface area contributed by atoms with E-state index in [9.17, 15) is 23.2 Å². The van der Waals surface area contributed by atoms with Gasteiger partial charge in [-0.2, -0.15) is 0 Å². The van der Waals surface area contributed by atoms with Crippen LogP contribution in [0, 0.1) is 17.0 Å². The number of carbonyl (C=O) groups is 3. The van der Waals surface area contributed by atoms with Gasteiger partial charge in [0, 0.05) is 5.69 Å². The molecule has 148 valence electrons. The molecule has 2 aromatic rings. The van der Waals surface area contributed by atoms with Crippen LogP contribution in [0.3, 0.4) is 0 Å². The third-order valence-corrected chi connectivity index (χ3v) is 3.99. The summed E-state index contributed by atoms with van der Waals surface area (Å²) in [6.07, 6.45) is 0. The first kappa shape index (κ1) is 21.0. The summed E-state index contributed by atoms with van der Waals surface area (Å²) >= 11 is 0. The smallest absolute Gasteiger partial charge is 0.338 e. The van der Waals surface area contributed by atoms with Crippen molar-refractivity contribution in [2.75, 3.05) is 17.2 Å². The van der Waals surface area contributed by atoms with E-state index in [2.05, 4.69) is 10.6 Å². The minimum absolute atomic E-state index is 0.239. The normalized spacial score (nSPS) is 10.9. The van der Waals surface area contributed by atoms with Gasteiger partial charge in [0.05, 0.1) is 12.2 Å². The maximum absolute atomic E-state index is 13.7. The van der Waals surface area contributed by atoms with Crippen molar-refractivity contribution in [2.24, 2.45) is 5.41 Å². The molecule has 0 fully saturated rings. The predicted molar refractivity (Wildman–Crippen MR) is 99.8 cm³/mol. The number of anilines is 2.